The molecule has 1 aliphatic rings. The standard InChI is InChI=1S/C10H14N4O3/c1-2-7-11-8(13-12-7)9(15)14-5-3-4-6(14)10(16)17/h6H,2-5H2,1H3,(H,16,17)(H,11,12,13). The van der Waals surface area contributed by atoms with Crippen LogP contribution in [0.3, 0.4) is 0 Å². The molecule has 1 aromatic heterocycles. The molecular weight excluding hydrogens is 224 g/mol. The molecule has 17 heavy (non-hydrogen) atoms. The van der Waals surface area contributed by atoms with E-state index in [1.54, 1.807) is 0 Å². The van der Waals surface area contributed by atoms with Crippen molar-refractivity contribution in [2.45, 2.75) is 32.2 Å². The Morgan fingerprint density at radius 2 is 2.35 bits per heavy atom. The van der Waals surface area contributed by atoms with Gasteiger partial charge in [-0.15, -0.1) is 5.10 Å². The fourth-order valence-corrected chi connectivity index (χ4v) is 1.94. The van der Waals surface area contributed by atoms with Crippen LogP contribution in [-0.2, 0) is 11.2 Å². The highest BCUT2D eigenvalue weighted by molar-refractivity contribution is 5.93. The SMILES string of the molecule is CCc1nc(C(=O)N2CCCC2C(=O)O)n[nH]1. The van der Waals surface area contributed by atoms with Gasteiger partial charge in [0.05, 0.1) is 0 Å². The zero-order chi connectivity index (χ0) is 12.4. The van der Waals surface area contributed by atoms with Crippen LogP contribution in [0.1, 0.15) is 36.2 Å². The van der Waals surface area contributed by atoms with E-state index in [0.29, 0.717) is 31.6 Å². The molecule has 1 saturated heterocycles. The minimum atomic E-state index is -0.970. The van der Waals surface area contributed by atoms with E-state index in [9.17, 15) is 9.59 Å². The van der Waals surface area contributed by atoms with Crippen LogP contribution < -0.4 is 0 Å². The van der Waals surface area contributed by atoms with Crippen LogP contribution in [0.25, 0.3) is 0 Å². The summed E-state index contributed by atoms with van der Waals surface area (Å²) in [5, 5.41) is 15.4. The molecule has 0 radical (unpaired) electrons. The largest absolute Gasteiger partial charge is 0.480 e. The van der Waals surface area contributed by atoms with Crippen molar-refractivity contribution in [2.24, 2.45) is 0 Å². The number of nitrogens with zero attached hydrogens (tertiary/aromatic N) is 3. The Morgan fingerprint density at radius 1 is 1.59 bits per heavy atom. The zero-order valence-corrected chi connectivity index (χ0v) is 9.51. The van der Waals surface area contributed by atoms with Gasteiger partial charge in [0.25, 0.3) is 5.91 Å². The molecule has 1 fully saturated rings. The van der Waals surface area contributed by atoms with Crippen LogP contribution in [0.5, 0.6) is 0 Å². The summed E-state index contributed by atoms with van der Waals surface area (Å²) >= 11 is 0. The van der Waals surface area contributed by atoms with Crippen LogP contribution in [0.4, 0.5) is 0 Å². The first-order valence-corrected chi connectivity index (χ1v) is 5.58. The average Bonchev–Trinajstić information content (AvgIpc) is 2.97. The van der Waals surface area contributed by atoms with Gasteiger partial charge in [-0.3, -0.25) is 9.89 Å². The van der Waals surface area contributed by atoms with E-state index in [2.05, 4.69) is 15.2 Å². The smallest absolute Gasteiger partial charge is 0.326 e. The normalized spacial score (nSPS) is 19.6. The van der Waals surface area contributed by atoms with Crippen LogP contribution in [0, 0.1) is 0 Å². The number of carboxylic acid groups (broad SMARTS) is 1. The second-order valence-electron chi connectivity index (χ2n) is 3.95. The summed E-state index contributed by atoms with van der Waals surface area (Å²) in [6.07, 6.45) is 1.85. The summed E-state index contributed by atoms with van der Waals surface area (Å²) < 4.78 is 0. The summed E-state index contributed by atoms with van der Waals surface area (Å²) in [6.45, 7) is 2.34. The molecule has 1 atom stereocenters. The van der Waals surface area contributed by atoms with Gasteiger partial charge in [0.2, 0.25) is 5.82 Å². The number of aromatic nitrogens is 3. The minimum Gasteiger partial charge on any atom is -0.480 e. The Morgan fingerprint density at radius 3 is 2.94 bits per heavy atom. The third-order valence-corrected chi connectivity index (χ3v) is 2.86. The molecule has 1 amide bonds. The van der Waals surface area contributed by atoms with Crippen molar-refractivity contribution in [3.63, 3.8) is 0 Å². The van der Waals surface area contributed by atoms with E-state index in [-0.39, 0.29) is 5.82 Å². The van der Waals surface area contributed by atoms with E-state index in [4.69, 9.17) is 5.11 Å². The van der Waals surface area contributed by atoms with Crippen molar-refractivity contribution in [3.05, 3.63) is 11.6 Å². The predicted octanol–water partition coefficient (Wildman–Crippen LogP) is 0.0563. The van der Waals surface area contributed by atoms with E-state index in [1.165, 1.54) is 4.90 Å². The minimum absolute atomic E-state index is 0.0509. The Bertz CT molecular complexity index is 443. The van der Waals surface area contributed by atoms with Crippen LogP contribution in [0.2, 0.25) is 0 Å². The number of aromatic amines is 1. The number of carbonyl (C=O) groups excluding carboxylic acids is 1. The number of likely N-dealkylation sites (tertiary alicyclic amines) is 1. The van der Waals surface area contributed by atoms with Crippen molar-refractivity contribution in [1.82, 2.24) is 20.1 Å². The number of nitrogens with one attached hydrogen (secondary N) is 1. The van der Waals surface area contributed by atoms with Crippen molar-refractivity contribution in [3.8, 4) is 0 Å². The highest BCUT2D eigenvalue weighted by Crippen LogP contribution is 2.19. The molecule has 0 aromatic carbocycles. The van der Waals surface area contributed by atoms with E-state index >= 15 is 0 Å². The number of hydrogen-bond donors (Lipinski definition) is 2. The van der Waals surface area contributed by atoms with Gasteiger partial charge in [-0.05, 0) is 12.8 Å². The van der Waals surface area contributed by atoms with Gasteiger partial charge < -0.3 is 10.0 Å². The Balaban J connectivity index is 2.16. The first-order chi connectivity index (χ1) is 8.13. The lowest BCUT2D eigenvalue weighted by molar-refractivity contribution is -0.141. The molecule has 2 rings (SSSR count). The summed E-state index contributed by atoms with van der Waals surface area (Å²) in [7, 11) is 0. The zero-order valence-electron chi connectivity index (χ0n) is 9.51. The number of H-pyrrole nitrogens is 1. The van der Waals surface area contributed by atoms with Crippen molar-refractivity contribution in [2.75, 3.05) is 6.54 Å². The molecule has 1 aliphatic heterocycles. The first kappa shape index (κ1) is 11.6. The van der Waals surface area contributed by atoms with Crippen molar-refractivity contribution >= 4 is 11.9 Å². The highest BCUT2D eigenvalue weighted by atomic mass is 16.4. The van der Waals surface area contributed by atoms with Gasteiger partial charge in [-0.1, -0.05) is 6.92 Å². The Labute approximate surface area is 97.8 Å². The topological polar surface area (TPSA) is 99.2 Å². The maximum atomic E-state index is 12.0. The average molecular weight is 238 g/mol. The van der Waals surface area contributed by atoms with Crippen LogP contribution >= 0.6 is 0 Å². The van der Waals surface area contributed by atoms with Crippen LogP contribution in [-0.4, -0.2) is 49.7 Å². The molecule has 1 aromatic rings. The monoisotopic (exact) mass is 238 g/mol. The van der Waals surface area contributed by atoms with Gasteiger partial charge in [0.15, 0.2) is 0 Å². The number of carboxylic acids is 1. The maximum Gasteiger partial charge on any atom is 0.326 e. The summed E-state index contributed by atoms with van der Waals surface area (Å²) in [6, 6.07) is -0.744. The molecule has 0 bridgehead atoms. The predicted molar refractivity (Wildman–Crippen MR) is 57.5 cm³/mol. The molecule has 2 heterocycles. The molecular formula is C10H14N4O3. The van der Waals surface area contributed by atoms with Crippen molar-refractivity contribution in [1.29, 1.82) is 0 Å². The van der Waals surface area contributed by atoms with E-state index < -0.39 is 17.9 Å². The first-order valence-electron chi connectivity index (χ1n) is 5.58. The molecule has 7 nitrogen and oxygen atoms in total. The Hall–Kier alpha value is -1.92. The second kappa shape index (κ2) is 4.52. The molecule has 92 valence electrons. The number of aryl methyl sites for hydroxylation is 1. The fraction of sp³-hybridized carbons (Fsp3) is 0.600. The number of amides is 1. The molecule has 2 N–H and O–H groups in total. The van der Waals surface area contributed by atoms with Gasteiger partial charge >= 0.3 is 5.97 Å². The van der Waals surface area contributed by atoms with Crippen LogP contribution in [0.15, 0.2) is 0 Å². The quantitative estimate of drug-likeness (QED) is 0.775. The fourth-order valence-electron chi connectivity index (χ4n) is 1.94. The lowest BCUT2D eigenvalue weighted by Crippen LogP contribution is -2.40. The maximum absolute atomic E-state index is 12.0. The molecule has 0 aliphatic carbocycles. The lowest BCUT2D eigenvalue weighted by Gasteiger charge is -2.19. The van der Waals surface area contributed by atoms with E-state index in [0.717, 1.165) is 0 Å². The van der Waals surface area contributed by atoms with Gasteiger partial charge in [0, 0.05) is 13.0 Å². The number of hydrogen-bond acceptors (Lipinski definition) is 4. The molecule has 1 unspecified atom stereocenters. The van der Waals surface area contributed by atoms with Crippen molar-refractivity contribution < 1.29 is 14.7 Å². The highest BCUT2D eigenvalue weighted by Gasteiger charge is 2.35. The van der Waals surface area contributed by atoms with E-state index in [1.807, 2.05) is 6.92 Å². The number of rotatable bonds is 3. The summed E-state index contributed by atoms with van der Waals surface area (Å²) in [5.41, 5.74) is 0. The lowest BCUT2D eigenvalue weighted by atomic mass is 10.2. The van der Waals surface area contributed by atoms with Gasteiger partial charge in [-0.25, -0.2) is 9.78 Å². The Kier molecular flexibility index (Phi) is 3.08. The number of carbonyl (C=O) groups is 2. The third-order valence-electron chi connectivity index (χ3n) is 2.86. The third kappa shape index (κ3) is 2.13. The van der Waals surface area contributed by atoms with Gasteiger partial charge in [0.1, 0.15) is 11.9 Å². The molecule has 7 heteroatoms. The summed E-state index contributed by atoms with van der Waals surface area (Å²) in [4.78, 5) is 28.3. The molecule has 0 saturated carbocycles. The van der Waals surface area contributed by atoms with Gasteiger partial charge in [-0.2, -0.15) is 0 Å². The molecule has 0 spiro atoms. The number of aliphatic carboxylic acids is 1. The second-order valence-corrected chi connectivity index (χ2v) is 3.95. The summed E-state index contributed by atoms with van der Waals surface area (Å²) in [5.74, 6) is -0.706.